The summed E-state index contributed by atoms with van der Waals surface area (Å²) in [5, 5.41) is 12.1. The molecule has 0 radical (unpaired) electrons. The molecule has 114 valence electrons. The molecule has 1 aliphatic rings. The smallest absolute Gasteiger partial charge is 0.328 e. The van der Waals surface area contributed by atoms with Crippen LogP contribution in [0.5, 0.6) is 0 Å². The maximum absolute atomic E-state index is 11.9. The molecule has 1 fully saturated rings. The second kappa shape index (κ2) is 5.18. The Morgan fingerprint density at radius 1 is 1.36 bits per heavy atom. The highest BCUT2D eigenvalue weighted by atomic mass is 16.4. The molecule has 2 N–H and O–H groups in total. The Kier molecular flexibility index (Phi) is 3.32. The van der Waals surface area contributed by atoms with Crippen molar-refractivity contribution in [3.05, 3.63) is 30.0 Å². The molecule has 22 heavy (non-hydrogen) atoms. The number of aryl methyl sites for hydroxylation is 1. The summed E-state index contributed by atoms with van der Waals surface area (Å²) in [5.41, 5.74) is 2.26. The van der Waals surface area contributed by atoms with Crippen LogP contribution in [0.2, 0.25) is 0 Å². The van der Waals surface area contributed by atoms with Crippen molar-refractivity contribution in [3.63, 3.8) is 0 Å². The molecule has 2 heterocycles. The van der Waals surface area contributed by atoms with E-state index in [1.807, 2.05) is 23.7 Å². The molecule has 0 spiro atoms. The van der Waals surface area contributed by atoms with Gasteiger partial charge in [0.2, 0.25) is 5.91 Å². The number of anilines is 1. The minimum Gasteiger partial charge on any atom is -0.481 e. The fourth-order valence-electron chi connectivity index (χ4n) is 2.74. The first-order chi connectivity index (χ1) is 10.5. The van der Waals surface area contributed by atoms with Crippen molar-refractivity contribution in [3.8, 4) is 0 Å². The summed E-state index contributed by atoms with van der Waals surface area (Å²) in [6.07, 6.45) is 2.00. The monoisotopic (exact) mass is 301 g/mol. The molecule has 1 aromatic carbocycles. The van der Waals surface area contributed by atoms with Crippen LogP contribution >= 0.6 is 0 Å². The third kappa shape index (κ3) is 2.41. The predicted molar refractivity (Wildman–Crippen MR) is 79.8 cm³/mol. The Balaban J connectivity index is 2.00. The predicted octanol–water partition coefficient (Wildman–Crippen LogP) is 1.25. The van der Waals surface area contributed by atoms with Gasteiger partial charge in [-0.1, -0.05) is 6.07 Å². The molecule has 0 aliphatic carbocycles. The zero-order chi connectivity index (χ0) is 15.9. The number of nitrogens with zero attached hydrogens (tertiary/aromatic N) is 2. The Morgan fingerprint density at radius 2 is 2.14 bits per heavy atom. The van der Waals surface area contributed by atoms with Gasteiger partial charge in [-0.2, -0.15) is 0 Å². The summed E-state index contributed by atoms with van der Waals surface area (Å²) in [5.74, 6) is -1.16. The number of hydrogen-bond acceptors (Lipinski definition) is 3. The first-order valence-electron chi connectivity index (χ1n) is 6.87. The Bertz CT molecular complexity index is 793. The average Bonchev–Trinajstić information content (AvgIpc) is 2.74. The van der Waals surface area contributed by atoms with Crippen LogP contribution < -0.4 is 10.2 Å². The molecule has 1 saturated heterocycles. The summed E-state index contributed by atoms with van der Waals surface area (Å²) >= 11 is 0. The second-order valence-electron chi connectivity index (χ2n) is 5.29. The number of imide groups is 1. The van der Waals surface area contributed by atoms with E-state index in [9.17, 15) is 14.4 Å². The normalized spacial score (nSPS) is 15.2. The van der Waals surface area contributed by atoms with E-state index in [0.29, 0.717) is 12.2 Å². The van der Waals surface area contributed by atoms with Gasteiger partial charge in [0.25, 0.3) is 0 Å². The van der Waals surface area contributed by atoms with Crippen LogP contribution in [0, 0.1) is 0 Å². The number of aliphatic carboxylic acids is 1. The zero-order valence-corrected chi connectivity index (χ0v) is 12.0. The first kappa shape index (κ1) is 14.1. The van der Waals surface area contributed by atoms with Crippen LogP contribution in [-0.2, 0) is 23.1 Å². The zero-order valence-electron chi connectivity index (χ0n) is 12.0. The lowest BCUT2D eigenvalue weighted by Gasteiger charge is -2.26. The van der Waals surface area contributed by atoms with Crippen LogP contribution in [0.15, 0.2) is 24.4 Å². The van der Waals surface area contributed by atoms with Crippen molar-refractivity contribution in [2.45, 2.75) is 12.8 Å². The van der Waals surface area contributed by atoms with E-state index >= 15 is 0 Å². The van der Waals surface area contributed by atoms with Crippen molar-refractivity contribution in [2.24, 2.45) is 7.05 Å². The fraction of sp³-hybridized carbons (Fsp3) is 0.267. The number of carbonyl (C=O) groups is 3. The number of nitrogens with one attached hydrogen (secondary N) is 1. The minimum absolute atomic E-state index is 0.0462. The van der Waals surface area contributed by atoms with Crippen molar-refractivity contribution < 1.29 is 19.5 Å². The van der Waals surface area contributed by atoms with Gasteiger partial charge in [-0.3, -0.25) is 19.8 Å². The molecule has 0 atom stereocenters. The van der Waals surface area contributed by atoms with Crippen LogP contribution in [-0.4, -0.2) is 34.1 Å². The fourth-order valence-corrected chi connectivity index (χ4v) is 2.74. The van der Waals surface area contributed by atoms with E-state index in [2.05, 4.69) is 5.32 Å². The topological polar surface area (TPSA) is 91.6 Å². The number of urea groups is 1. The van der Waals surface area contributed by atoms with E-state index in [4.69, 9.17) is 5.11 Å². The van der Waals surface area contributed by atoms with Gasteiger partial charge in [-0.25, -0.2) is 4.79 Å². The second-order valence-corrected chi connectivity index (χ2v) is 5.29. The lowest BCUT2D eigenvalue weighted by molar-refractivity contribution is -0.136. The quantitative estimate of drug-likeness (QED) is 0.892. The van der Waals surface area contributed by atoms with Gasteiger partial charge in [-0.05, 0) is 17.7 Å². The highest BCUT2D eigenvalue weighted by molar-refractivity contribution is 6.06. The minimum atomic E-state index is -0.884. The van der Waals surface area contributed by atoms with Gasteiger partial charge in [0.05, 0.1) is 11.9 Å². The number of rotatable bonds is 3. The molecular weight excluding hydrogens is 286 g/mol. The molecular formula is C15H15N3O4. The van der Waals surface area contributed by atoms with Crippen LogP contribution in [0.25, 0.3) is 10.9 Å². The summed E-state index contributed by atoms with van der Waals surface area (Å²) in [6, 6.07) is 4.97. The number of carboxylic acids is 1. The average molecular weight is 301 g/mol. The number of aromatic nitrogens is 1. The summed E-state index contributed by atoms with van der Waals surface area (Å²) in [7, 11) is 1.83. The first-order valence-corrected chi connectivity index (χ1v) is 6.87. The highest BCUT2D eigenvalue weighted by Crippen LogP contribution is 2.27. The maximum Gasteiger partial charge on any atom is 0.328 e. The van der Waals surface area contributed by atoms with Crippen LogP contribution in [0.3, 0.4) is 0 Å². The lowest BCUT2D eigenvalue weighted by atomic mass is 10.1. The van der Waals surface area contributed by atoms with Crippen LogP contribution in [0.1, 0.15) is 12.0 Å². The molecule has 1 aromatic heterocycles. The highest BCUT2D eigenvalue weighted by Gasteiger charge is 2.24. The van der Waals surface area contributed by atoms with Crippen molar-refractivity contribution in [1.29, 1.82) is 0 Å². The van der Waals surface area contributed by atoms with Gasteiger partial charge in [-0.15, -0.1) is 0 Å². The van der Waals surface area contributed by atoms with E-state index in [1.54, 1.807) is 12.3 Å². The Morgan fingerprint density at radius 3 is 2.82 bits per heavy atom. The van der Waals surface area contributed by atoms with Crippen LogP contribution in [0.4, 0.5) is 10.5 Å². The third-order valence-corrected chi connectivity index (χ3v) is 3.76. The number of carboxylic acid groups (broad SMARTS) is 1. The molecule has 0 unspecified atom stereocenters. The lowest BCUT2D eigenvalue weighted by Crippen LogP contribution is -2.49. The maximum atomic E-state index is 11.9. The van der Waals surface area contributed by atoms with E-state index in [1.165, 1.54) is 4.90 Å². The van der Waals surface area contributed by atoms with Gasteiger partial charge < -0.3 is 9.67 Å². The van der Waals surface area contributed by atoms with Gasteiger partial charge in [0.15, 0.2) is 0 Å². The number of fused-ring (bicyclic) bond motifs is 1. The molecule has 2 aromatic rings. The third-order valence-electron chi connectivity index (χ3n) is 3.76. The standard InChI is InChI=1S/C15H15N3O4/c1-17-8-9(6-14(20)21)11-3-2-10(7-12(11)17)18-5-4-13(19)16-15(18)22/h2-3,7-8H,4-6H2,1H3,(H,20,21)(H,16,19,22). The number of carbonyl (C=O) groups excluding carboxylic acids is 2. The number of amides is 3. The number of hydrogen-bond donors (Lipinski definition) is 2. The molecule has 3 amide bonds. The van der Waals surface area contributed by atoms with Gasteiger partial charge in [0.1, 0.15) is 0 Å². The molecule has 7 heteroatoms. The summed E-state index contributed by atoms with van der Waals surface area (Å²) in [4.78, 5) is 35.5. The SMILES string of the molecule is Cn1cc(CC(=O)O)c2ccc(N3CCC(=O)NC3=O)cc21. The number of benzene rings is 1. The van der Waals surface area contributed by atoms with E-state index in [-0.39, 0.29) is 18.7 Å². The van der Waals surface area contributed by atoms with Crippen molar-refractivity contribution in [1.82, 2.24) is 9.88 Å². The Hall–Kier alpha value is -2.83. The largest absolute Gasteiger partial charge is 0.481 e. The van der Waals surface area contributed by atoms with Gasteiger partial charge in [0, 0.05) is 37.3 Å². The molecule has 1 aliphatic heterocycles. The summed E-state index contributed by atoms with van der Waals surface area (Å²) < 4.78 is 1.84. The van der Waals surface area contributed by atoms with Gasteiger partial charge >= 0.3 is 12.0 Å². The molecule has 0 bridgehead atoms. The van der Waals surface area contributed by atoms with E-state index < -0.39 is 12.0 Å². The summed E-state index contributed by atoms with van der Waals surface area (Å²) in [6.45, 7) is 0.336. The molecule has 7 nitrogen and oxygen atoms in total. The molecule has 0 saturated carbocycles. The van der Waals surface area contributed by atoms with Crippen molar-refractivity contribution in [2.75, 3.05) is 11.4 Å². The van der Waals surface area contributed by atoms with Crippen molar-refractivity contribution >= 4 is 34.5 Å². The molecule has 3 rings (SSSR count). The van der Waals surface area contributed by atoms with E-state index in [0.717, 1.165) is 16.5 Å². The Labute approximate surface area is 126 Å².